The first-order chi connectivity index (χ1) is 16.3. The fourth-order valence-corrected chi connectivity index (χ4v) is 4.50. The van der Waals surface area contributed by atoms with Crippen LogP contribution in [0.15, 0.2) is 24.3 Å². The number of carbonyl (C=O) groups is 2. The van der Waals surface area contributed by atoms with Gasteiger partial charge in [-0.3, -0.25) is 9.69 Å². The van der Waals surface area contributed by atoms with Crippen molar-refractivity contribution in [2.24, 2.45) is 5.73 Å². The SMILES string of the molecule is COc1ccc(F)cc1-c1cc(C#N)c(OC(=O)N2CCOCC2)c2c1CCN(C)C2C(N)=O. The van der Waals surface area contributed by atoms with Crippen LogP contribution in [0.5, 0.6) is 11.5 Å². The monoisotopic (exact) mass is 468 g/mol. The molecule has 2 aliphatic rings. The molecule has 0 radical (unpaired) electrons. The van der Waals surface area contributed by atoms with Crippen molar-refractivity contribution in [1.29, 1.82) is 5.26 Å². The van der Waals surface area contributed by atoms with Crippen molar-refractivity contribution in [2.75, 3.05) is 47.0 Å². The van der Waals surface area contributed by atoms with Gasteiger partial charge in [-0.25, -0.2) is 9.18 Å². The number of ether oxygens (including phenoxy) is 3. The van der Waals surface area contributed by atoms with Gasteiger partial charge < -0.3 is 24.8 Å². The predicted octanol–water partition coefficient (Wildman–Crippen LogP) is 2.22. The van der Waals surface area contributed by atoms with E-state index in [1.807, 2.05) is 0 Å². The maximum atomic E-state index is 14.2. The van der Waals surface area contributed by atoms with Gasteiger partial charge in [0.05, 0.1) is 25.9 Å². The van der Waals surface area contributed by atoms with E-state index in [0.29, 0.717) is 67.3 Å². The fourth-order valence-electron chi connectivity index (χ4n) is 4.50. The molecule has 2 aliphatic heterocycles. The second-order valence-electron chi connectivity index (χ2n) is 8.15. The first-order valence-electron chi connectivity index (χ1n) is 10.8. The van der Waals surface area contributed by atoms with Gasteiger partial charge >= 0.3 is 6.09 Å². The highest BCUT2D eigenvalue weighted by atomic mass is 19.1. The molecule has 4 rings (SSSR count). The minimum atomic E-state index is -0.942. The molecule has 2 aromatic carbocycles. The molecule has 1 atom stereocenters. The number of morpholine rings is 1. The van der Waals surface area contributed by atoms with E-state index in [1.165, 1.54) is 30.2 Å². The van der Waals surface area contributed by atoms with Crippen LogP contribution in [0.25, 0.3) is 11.1 Å². The lowest BCUT2D eigenvalue weighted by Crippen LogP contribution is -2.43. The third-order valence-electron chi connectivity index (χ3n) is 6.16. The van der Waals surface area contributed by atoms with Crippen LogP contribution in [0.1, 0.15) is 22.7 Å². The van der Waals surface area contributed by atoms with Crippen LogP contribution in [-0.4, -0.2) is 68.8 Å². The molecule has 0 aliphatic carbocycles. The Hall–Kier alpha value is -3.68. The fraction of sp³-hybridized carbons (Fsp3) is 0.375. The van der Waals surface area contributed by atoms with E-state index in [0.717, 1.165) is 0 Å². The van der Waals surface area contributed by atoms with Crippen molar-refractivity contribution in [1.82, 2.24) is 9.80 Å². The second-order valence-corrected chi connectivity index (χ2v) is 8.15. The number of hydrogen-bond acceptors (Lipinski definition) is 7. The van der Waals surface area contributed by atoms with Crippen LogP contribution in [0.3, 0.4) is 0 Å². The first-order valence-corrected chi connectivity index (χ1v) is 10.8. The van der Waals surface area contributed by atoms with E-state index >= 15 is 0 Å². The Kier molecular flexibility index (Phi) is 6.68. The maximum absolute atomic E-state index is 14.2. The normalized spacial score (nSPS) is 18.1. The molecule has 0 spiro atoms. The van der Waals surface area contributed by atoms with Gasteiger partial charge in [0.1, 0.15) is 23.7 Å². The lowest BCUT2D eigenvalue weighted by molar-refractivity contribution is -0.123. The Morgan fingerprint density at radius 2 is 1.94 bits per heavy atom. The van der Waals surface area contributed by atoms with E-state index < -0.39 is 23.9 Å². The summed E-state index contributed by atoms with van der Waals surface area (Å²) in [7, 11) is 3.19. The highest BCUT2D eigenvalue weighted by molar-refractivity contribution is 5.88. The van der Waals surface area contributed by atoms with E-state index in [1.54, 1.807) is 18.0 Å². The number of nitrogens with two attached hydrogens (primary N) is 1. The number of amides is 2. The molecule has 1 fully saturated rings. The third-order valence-corrected chi connectivity index (χ3v) is 6.16. The number of fused-ring (bicyclic) bond motifs is 1. The topological polar surface area (TPSA) is 118 Å². The number of hydrogen-bond donors (Lipinski definition) is 1. The van der Waals surface area contributed by atoms with E-state index in [-0.39, 0.29) is 11.3 Å². The van der Waals surface area contributed by atoms with Crippen molar-refractivity contribution >= 4 is 12.0 Å². The molecule has 2 aromatic rings. The lowest BCUT2D eigenvalue weighted by Gasteiger charge is -2.35. The number of rotatable bonds is 4. The number of nitrogens with zero attached hydrogens (tertiary/aromatic N) is 3. The number of methoxy groups -OCH3 is 1. The quantitative estimate of drug-likeness (QED) is 0.731. The van der Waals surface area contributed by atoms with Crippen LogP contribution in [0.2, 0.25) is 0 Å². The van der Waals surface area contributed by atoms with Crippen molar-refractivity contribution in [3.8, 4) is 28.7 Å². The predicted molar refractivity (Wildman–Crippen MR) is 120 cm³/mol. The zero-order valence-corrected chi connectivity index (χ0v) is 19.0. The van der Waals surface area contributed by atoms with Crippen LogP contribution >= 0.6 is 0 Å². The molecular weight excluding hydrogens is 443 g/mol. The largest absolute Gasteiger partial charge is 0.496 e. The summed E-state index contributed by atoms with van der Waals surface area (Å²) in [6.07, 6.45) is -0.187. The Balaban J connectivity index is 1.94. The molecule has 2 heterocycles. The Labute approximate surface area is 196 Å². The summed E-state index contributed by atoms with van der Waals surface area (Å²) in [5, 5.41) is 9.98. The molecule has 2 N–H and O–H groups in total. The number of carbonyl (C=O) groups excluding carboxylic acids is 2. The van der Waals surface area contributed by atoms with Gasteiger partial charge in [0, 0.05) is 30.8 Å². The Bertz CT molecular complexity index is 1170. The number of primary amides is 1. The standard InChI is InChI=1S/C24H25FN4O5/c1-28-6-5-16-17(18-12-15(25)3-4-19(18)32-2)11-14(13-26)22(20(16)21(28)23(27)30)34-24(31)29-7-9-33-10-8-29/h3-4,11-12,21H,5-10H2,1-2H3,(H2,27,30). The van der Waals surface area contributed by atoms with Gasteiger partial charge in [0.2, 0.25) is 5.91 Å². The van der Waals surface area contributed by atoms with E-state index in [2.05, 4.69) is 6.07 Å². The molecular formula is C24H25FN4O5. The van der Waals surface area contributed by atoms with E-state index in [9.17, 15) is 19.2 Å². The summed E-state index contributed by atoms with van der Waals surface area (Å²) in [5.74, 6) is -0.742. The molecule has 1 saturated heterocycles. The Morgan fingerprint density at radius 1 is 1.21 bits per heavy atom. The average Bonchev–Trinajstić information content (AvgIpc) is 2.84. The first kappa shape index (κ1) is 23.5. The molecule has 0 aromatic heterocycles. The Morgan fingerprint density at radius 3 is 2.59 bits per heavy atom. The highest BCUT2D eigenvalue weighted by Gasteiger charge is 2.37. The summed E-state index contributed by atoms with van der Waals surface area (Å²) >= 11 is 0. The van der Waals surface area contributed by atoms with Gasteiger partial charge in [-0.2, -0.15) is 5.26 Å². The summed E-state index contributed by atoms with van der Waals surface area (Å²) in [4.78, 5) is 28.7. The van der Waals surface area contributed by atoms with Crippen molar-refractivity contribution in [2.45, 2.75) is 12.5 Å². The minimum absolute atomic E-state index is 0.0107. The molecule has 178 valence electrons. The van der Waals surface area contributed by atoms with Crippen molar-refractivity contribution < 1.29 is 28.2 Å². The zero-order valence-electron chi connectivity index (χ0n) is 19.0. The van der Waals surface area contributed by atoms with Gasteiger partial charge in [-0.15, -0.1) is 0 Å². The van der Waals surface area contributed by atoms with Gasteiger partial charge in [-0.05, 0) is 48.9 Å². The smallest absolute Gasteiger partial charge is 0.415 e. The molecule has 34 heavy (non-hydrogen) atoms. The second kappa shape index (κ2) is 9.67. The molecule has 9 nitrogen and oxygen atoms in total. The molecule has 1 unspecified atom stereocenters. The van der Waals surface area contributed by atoms with E-state index in [4.69, 9.17) is 19.9 Å². The highest BCUT2D eigenvalue weighted by Crippen LogP contribution is 2.45. The zero-order chi connectivity index (χ0) is 24.4. The van der Waals surface area contributed by atoms with Crippen LogP contribution in [0, 0.1) is 17.1 Å². The lowest BCUT2D eigenvalue weighted by atomic mass is 9.83. The van der Waals surface area contributed by atoms with Crippen LogP contribution in [-0.2, 0) is 16.0 Å². The maximum Gasteiger partial charge on any atom is 0.415 e. The molecule has 0 bridgehead atoms. The van der Waals surface area contributed by atoms with Gasteiger partial charge in [-0.1, -0.05) is 0 Å². The van der Waals surface area contributed by atoms with Gasteiger partial charge in [0.15, 0.2) is 5.75 Å². The molecule has 2 amide bonds. The van der Waals surface area contributed by atoms with Crippen molar-refractivity contribution in [3.05, 3.63) is 46.8 Å². The van der Waals surface area contributed by atoms with Crippen LogP contribution in [0.4, 0.5) is 9.18 Å². The third kappa shape index (κ3) is 4.27. The van der Waals surface area contributed by atoms with Gasteiger partial charge in [0.25, 0.3) is 0 Å². The summed E-state index contributed by atoms with van der Waals surface area (Å²) in [5.41, 5.74) is 7.72. The summed E-state index contributed by atoms with van der Waals surface area (Å²) in [6, 6.07) is 6.75. The number of nitriles is 1. The number of benzene rings is 2. The summed E-state index contributed by atoms with van der Waals surface area (Å²) < 4.78 is 30.7. The molecule has 0 saturated carbocycles. The molecule has 10 heteroatoms. The van der Waals surface area contributed by atoms with Crippen LogP contribution < -0.4 is 15.2 Å². The summed E-state index contributed by atoms with van der Waals surface area (Å²) in [6.45, 7) is 1.93. The number of likely N-dealkylation sites (N-methyl/N-ethyl adjacent to an activating group) is 1. The minimum Gasteiger partial charge on any atom is -0.496 e. The van der Waals surface area contributed by atoms with Crippen molar-refractivity contribution in [3.63, 3.8) is 0 Å². The number of halogens is 1. The average molecular weight is 468 g/mol.